The number of aryl methyl sites for hydroxylation is 1. The van der Waals surface area contributed by atoms with Crippen molar-refractivity contribution in [2.75, 3.05) is 6.61 Å². The van der Waals surface area contributed by atoms with Crippen molar-refractivity contribution < 1.29 is 9.15 Å². The van der Waals surface area contributed by atoms with Gasteiger partial charge in [0.25, 0.3) is 5.90 Å². The summed E-state index contributed by atoms with van der Waals surface area (Å²) < 4.78 is 11.7. The van der Waals surface area contributed by atoms with Crippen LogP contribution in [-0.4, -0.2) is 26.1 Å². The van der Waals surface area contributed by atoms with Crippen molar-refractivity contribution in [1.29, 1.82) is 0 Å². The van der Waals surface area contributed by atoms with Gasteiger partial charge in [-0.15, -0.1) is 0 Å². The van der Waals surface area contributed by atoms with Crippen LogP contribution < -0.4 is 5.19 Å². The molecule has 1 aliphatic heterocycles. The molecule has 0 unspecified atom stereocenters. The Balaban J connectivity index is 2.53. The van der Waals surface area contributed by atoms with E-state index >= 15 is 0 Å². The zero-order valence-corrected chi connectivity index (χ0v) is 15.0. The maximum Gasteiger partial charge on any atom is 0.253 e. The highest BCUT2D eigenvalue weighted by Gasteiger charge is 2.42. The Hall–Kier alpha value is -1.03. The Kier molecular flexibility index (Phi) is 3.44. The fourth-order valence-electron chi connectivity index (χ4n) is 2.24. The second kappa shape index (κ2) is 4.48. The van der Waals surface area contributed by atoms with Crippen LogP contribution in [0.4, 0.5) is 0 Å². The van der Waals surface area contributed by atoms with Crippen molar-refractivity contribution in [1.82, 2.24) is 0 Å². The molecule has 4 heteroatoms. The normalized spacial score (nSPS) is 18.9. The van der Waals surface area contributed by atoms with Gasteiger partial charge in [0.2, 0.25) is 0 Å². The van der Waals surface area contributed by atoms with E-state index in [1.165, 1.54) is 5.19 Å². The van der Waals surface area contributed by atoms with Crippen molar-refractivity contribution in [2.24, 2.45) is 4.99 Å². The second-order valence-electron chi connectivity index (χ2n) is 7.99. The van der Waals surface area contributed by atoms with Crippen LogP contribution in [-0.2, 0) is 4.74 Å². The van der Waals surface area contributed by atoms with Gasteiger partial charge in [-0.25, -0.2) is 4.99 Å². The van der Waals surface area contributed by atoms with Crippen LogP contribution >= 0.6 is 0 Å². The molecule has 0 aromatic carbocycles. The van der Waals surface area contributed by atoms with E-state index in [2.05, 4.69) is 58.8 Å². The number of hydrogen-bond acceptors (Lipinski definition) is 3. The van der Waals surface area contributed by atoms with Crippen LogP contribution in [0.15, 0.2) is 15.5 Å². The number of rotatable bonds is 2. The van der Waals surface area contributed by atoms with Crippen molar-refractivity contribution in [3.05, 3.63) is 17.6 Å². The highest BCUT2D eigenvalue weighted by Crippen LogP contribution is 2.37. The summed E-state index contributed by atoms with van der Waals surface area (Å²) in [5.74, 6) is 2.48. The number of ether oxygens (including phenoxy) is 1. The van der Waals surface area contributed by atoms with Crippen molar-refractivity contribution >= 4 is 19.2 Å². The van der Waals surface area contributed by atoms with E-state index < -0.39 is 8.07 Å². The minimum absolute atomic E-state index is 0.152. The number of aliphatic imine (C=N–C) groups is 1. The molecule has 1 aromatic heterocycles. The Labute approximate surface area is 123 Å². The lowest BCUT2D eigenvalue weighted by molar-refractivity contribution is 0.275. The highest BCUT2D eigenvalue weighted by atomic mass is 28.3. The molecule has 0 N–H and O–H groups in total. The first-order valence-corrected chi connectivity index (χ1v) is 10.3. The van der Waals surface area contributed by atoms with Crippen LogP contribution in [0.3, 0.4) is 0 Å². The van der Waals surface area contributed by atoms with Gasteiger partial charge < -0.3 is 9.15 Å². The van der Waals surface area contributed by atoms with Crippen LogP contribution in [0.25, 0.3) is 0 Å². The molecule has 0 amide bonds. The molecule has 0 bridgehead atoms. The SMILES string of the molecule is Cc1cc([Si](C)(C)C(C)(C)C)c(C2=NC(C)(C)CO2)o1. The third-order valence-corrected chi connectivity index (χ3v) is 10.0. The number of hydrogen-bond donors (Lipinski definition) is 0. The maximum atomic E-state index is 5.95. The lowest BCUT2D eigenvalue weighted by Crippen LogP contribution is -2.50. The molecule has 20 heavy (non-hydrogen) atoms. The fourth-order valence-corrected chi connectivity index (χ4v) is 4.34. The standard InChI is InChI=1S/C16H27NO2Si/c1-11-9-12(20(7,8)15(2,3)4)13(19-11)14-17-16(5,6)10-18-14/h9H,10H2,1-8H3. The molecule has 1 aliphatic rings. The van der Waals surface area contributed by atoms with Gasteiger partial charge in [-0.05, 0) is 37.1 Å². The molecule has 0 atom stereocenters. The molecular formula is C16H27NO2Si. The largest absolute Gasteiger partial charge is 0.473 e. The predicted molar refractivity (Wildman–Crippen MR) is 86.8 cm³/mol. The number of nitrogens with zero attached hydrogens (tertiary/aromatic N) is 1. The Bertz CT molecular complexity index is 547. The summed E-state index contributed by atoms with van der Waals surface area (Å²) in [5.41, 5.74) is -0.152. The molecule has 112 valence electrons. The molecule has 0 saturated heterocycles. The monoisotopic (exact) mass is 293 g/mol. The first-order valence-electron chi connectivity index (χ1n) is 7.28. The van der Waals surface area contributed by atoms with Crippen LogP contribution in [0.2, 0.25) is 18.1 Å². The van der Waals surface area contributed by atoms with E-state index in [1.807, 2.05) is 6.92 Å². The van der Waals surface area contributed by atoms with E-state index in [-0.39, 0.29) is 10.6 Å². The zero-order chi connectivity index (χ0) is 15.3. The molecular weight excluding hydrogens is 266 g/mol. The van der Waals surface area contributed by atoms with Gasteiger partial charge in [-0.3, -0.25) is 0 Å². The summed E-state index contributed by atoms with van der Waals surface area (Å²) in [5, 5.41) is 1.58. The molecule has 3 nitrogen and oxygen atoms in total. The van der Waals surface area contributed by atoms with E-state index in [0.717, 1.165) is 11.5 Å². The molecule has 2 rings (SSSR count). The maximum absolute atomic E-state index is 5.95. The summed E-state index contributed by atoms with van der Waals surface area (Å²) in [6.07, 6.45) is 0. The minimum Gasteiger partial charge on any atom is -0.473 e. The second-order valence-corrected chi connectivity index (χ2v) is 13.3. The van der Waals surface area contributed by atoms with Crippen molar-refractivity contribution in [2.45, 2.75) is 65.2 Å². The van der Waals surface area contributed by atoms with Crippen molar-refractivity contribution in [3.63, 3.8) is 0 Å². The highest BCUT2D eigenvalue weighted by molar-refractivity contribution is 6.92. The van der Waals surface area contributed by atoms with Crippen LogP contribution in [0.1, 0.15) is 46.1 Å². The lowest BCUT2D eigenvalue weighted by Gasteiger charge is -2.36. The average molecular weight is 293 g/mol. The van der Waals surface area contributed by atoms with E-state index in [4.69, 9.17) is 9.15 Å². The quantitative estimate of drug-likeness (QED) is 0.776. The Morgan fingerprint density at radius 2 is 1.85 bits per heavy atom. The Morgan fingerprint density at radius 3 is 2.30 bits per heavy atom. The van der Waals surface area contributed by atoms with Gasteiger partial charge in [0, 0.05) is 0 Å². The third-order valence-electron chi connectivity index (χ3n) is 4.56. The van der Waals surface area contributed by atoms with Crippen LogP contribution in [0, 0.1) is 6.92 Å². The molecule has 0 saturated carbocycles. The third kappa shape index (κ3) is 2.58. The summed E-state index contributed by atoms with van der Waals surface area (Å²) >= 11 is 0. The first kappa shape index (κ1) is 15.4. The predicted octanol–water partition coefficient (Wildman–Crippen LogP) is 3.86. The van der Waals surface area contributed by atoms with Gasteiger partial charge in [0.05, 0.1) is 13.6 Å². The molecule has 0 radical (unpaired) electrons. The zero-order valence-electron chi connectivity index (χ0n) is 14.0. The average Bonchev–Trinajstić information content (AvgIpc) is 2.80. The first-order chi connectivity index (χ1) is 8.94. The fraction of sp³-hybridized carbons (Fsp3) is 0.688. The molecule has 0 fully saturated rings. The molecule has 0 spiro atoms. The topological polar surface area (TPSA) is 34.7 Å². The van der Waals surface area contributed by atoms with Crippen molar-refractivity contribution in [3.8, 4) is 0 Å². The van der Waals surface area contributed by atoms with Gasteiger partial charge in [-0.1, -0.05) is 33.9 Å². The van der Waals surface area contributed by atoms with E-state index in [1.54, 1.807) is 0 Å². The summed E-state index contributed by atoms with van der Waals surface area (Å²) in [6, 6.07) is 2.18. The molecule has 0 aliphatic carbocycles. The summed E-state index contributed by atoms with van der Waals surface area (Å²) in [7, 11) is -1.67. The Morgan fingerprint density at radius 1 is 1.25 bits per heavy atom. The van der Waals surface area contributed by atoms with Gasteiger partial charge in [-0.2, -0.15) is 0 Å². The summed E-state index contributed by atoms with van der Waals surface area (Å²) in [4.78, 5) is 4.68. The molecule has 1 aromatic rings. The smallest absolute Gasteiger partial charge is 0.253 e. The van der Waals surface area contributed by atoms with Gasteiger partial charge in [0.1, 0.15) is 12.4 Å². The van der Waals surface area contributed by atoms with Gasteiger partial charge >= 0.3 is 0 Å². The lowest BCUT2D eigenvalue weighted by atomic mass is 10.1. The molecule has 2 heterocycles. The number of furan rings is 1. The van der Waals surface area contributed by atoms with Crippen LogP contribution in [0.5, 0.6) is 0 Å². The van der Waals surface area contributed by atoms with E-state index in [9.17, 15) is 0 Å². The minimum atomic E-state index is -1.67. The van der Waals surface area contributed by atoms with E-state index in [0.29, 0.717) is 12.5 Å². The van der Waals surface area contributed by atoms with Gasteiger partial charge in [0.15, 0.2) is 5.76 Å². The summed E-state index contributed by atoms with van der Waals surface area (Å²) in [6.45, 7) is 18.5.